The third-order valence-corrected chi connectivity index (χ3v) is 4.12. The zero-order chi connectivity index (χ0) is 18.8. The molecule has 9 heteroatoms. The van der Waals surface area contributed by atoms with Gasteiger partial charge in [0.05, 0.1) is 22.2 Å². The van der Waals surface area contributed by atoms with Crippen molar-refractivity contribution in [2.24, 2.45) is 0 Å². The third kappa shape index (κ3) is 3.40. The van der Waals surface area contributed by atoms with Crippen LogP contribution < -0.4 is 10.9 Å². The second-order valence-corrected chi connectivity index (χ2v) is 6.03. The average molecular weight is 373 g/mol. The summed E-state index contributed by atoms with van der Waals surface area (Å²) in [4.78, 5) is 39.2. The first-order chi connectivity index (χ1) is 12.4. The van der Waals surface area contributed by atoms with Crippen LogP contribution in [0.5, 0.6) is 0 Å². The van der Waals surface area contributed by atoms with Gasteiger partial charge in [0, 0.05) is 11.8 Å². The number of fused-ring (bicyclic) bond motifs is 1. The Hall–Kier alpha value is -3.26. The number of aromatic nitrogens is 2. The molecule has 8 nitrogen and oxygen atoms in total. The fourth-order valence-corrected chi connectivity index (χ4v) is 2.72. The van der Waals surface area contributed by atoms with Gasteiger partial charge >= 0.3 is 0 Å². The molecule has 0 aliphatic heterocycles. The van der Waals surface area contributed by atoms with Gasteiger partial charge in [0.25, 0.3) is 11.2 Å². The van der Waals surface area contributed by atoms with Gasteiger partial charge in [-0.3, -0.25) is 24.3 Å². The minimum Gasteiger partial charge on any atom is -0.324 e. The first-order valence-corrected chi connectivity index (χ1v) is 7.93. The maximum atomic E-state index is 12.5. The number of para-hydroxylation sites is 1. The van der Waals surface area contributed by atoms with Crippen molar-refractivity contribution in [3.8, 4) is 0 Å². The van der Waals surface area contributed by atoms with E-state index in [4.69, 9.17) is 11.6 Å². The van der Waals surface area contributed by atoms with Gasteiger partial charge in [-0.1, -0.05) is 23.7 Å². The molecule has 1 N–H and O–H groups in total. The van der Waals surface area contributed by atoms with Crippen LogP contribution in [-0.2, 0) is 11.3 Å². The van der Waals surface area contributed by atoms with Gasteiger partial charge in [-0.05, 0) is 30.7 Å². The molecule has 1 heterocycles. The minimum absolute atomic E-state index is 0.0293. The molecule has 0 radical (unpaired) electrons. The van der Waals surface area contributed by atoms with Crippen LogP contribution in [0.3, 0.4) is 0 Å². The molecular formula is C17H13ClN4O4. The van der Waals surface area contributed by atoms with Crippen LogP contribution in [0.15, 0.2) is 47.5 Å². The Bertz CT molecular complexity index is 1090. The summed E-state index contributed by atoms with van der Waals surface area (Å²) < 4.78 is 1.18. The van der Waals surface area contributed by atoms with Crippen molar-refractivity contribution in [2.75, 3.05) is 5.32 Å². The van der Waals surface area contributed by atoms with Gasteiger partial charge in [-0.15, -0.1) is 0 Å². The molecular weight excluding hydrogens is 360 g/mol. The Morgan fingerprint density at radius 1 is 1.35 bits per heavy atom. The van der Waals surface area contributed by atoms with Gasteiger partial charge in [-0.2, -0.15) is 0 Å². The summed E-state index contributed by atoms with van der Waals surface area (Å²) in [5.74, 6) is -0.516. The lowest BCUT2D eigenvalue weighted by Gasteiger charge is -2.09. The number of aryl methyl sites for hydroxylation is 1. The van der Waals surface area contributed by atoms with Crippen LogP contribution in [0.1, 0.15) is 5.56 Å². The standard InChI is InChI=1S/C17H13ClN4O4/c1-10-3-2-4-12-16(10)19-9-21(17(12)24)8-15(23)20-11-5-6-13(18)14(7-11)22(25)26/h2-7,9H,8H2,1H3,(H,20,23). The molecule has 0 spiro atoms. The van der Waals surface area contributed by atoms with Gasteiger partial charge in [0.15, 0.2) is 0 Å². The van der Waals surface area contributed by atoms with E-state index < -0.39 is 10.8 Å². The molecule has 0 fully saturated rings. The topological polar surface area (TPSA) is 107 Å². The molecule has 26 heavy (non-hydrogen) atoms. The minimum atomic E-state index is -0.641. The summed E-state index contributed by atoms with van der Waals surface area (Å²) in [6, 6.07) is 9.16. The molecule has 0 saturated carbocycles. The average Bonchev–Trinajstić information content (AvgIpc) is 2.59. The number of hydrogen-bond donors (Lipinski definition) is 1. The van der Waals surface area contributed by atoms with E-state index in [2.05, 4.69) is 10.3 Å². The molecule has 1 amide bonds. The third-order valence-electron chi connectivity index (χ3n) is 3.80. The van der Waals surface area contributed by atoms with E-state index in [1.165, 1.54) is 23.0 Å². The maximum Gasteiger partial charge on any atom is 0.289 e. The number of rotatable bonds is 4. The lowest BCUT2D eigenvalue weighted by atomic mass is 10.1. The van der Waals surface area contributed by atoms with Crippen LogP contribution in [0.2, 0.25) is 5.02 Å². The summed E-state index contributed by atoms with van der Waals surface area (Å²) in [6.45, 7) is 1.57. The van der Waals surface area contributed by atoms with Crippen molar-refractivity contribution in [3.63, 3.8) is 0 Å². The number of nitrogens with one attached hydrogen (secondary N) is 1. The summed E-state index contributed by atoms with van der Waals surface area (Å²) in [7, 11) is 0. The zero-order valence-corrected chi connectivity index (χ0v) is 14.4. The highest BCUT2D eigenvalue weighted by atomic mass is 35.5. The number of anilines is 1. The smallest absolute Gasteiger partial charge is 0.289 e. The number of nitrogens with zero attached hydrogens (tertiary/aromatic N) is 3. The number of carbonyl (C=O) groups excluding carboxylic acids is 1. The Morgan fingerprint density at radius 3 is 2.85 bits per heavy atom. The van der Waals surface area contributed by atoms with Crippen molar-refractivity contribution in [3.05, 3.63) is 73.8 Å². The molecule has 132 valence electrons. The van der Waals surface area contributed by atoms with E-state index in [-0.39, 0.29) is 28.5 Å². The first kappa shape index (κ1) is 17.6. The number of hydrogen-bond acceptors (Lipinski definition) is 5. The van der Waals surface area contributed by atoms with Crippen molar-refractivity contribution >= 4 is 39.8 Å². The summed E-state index contributed by atoms with van der Waals surface area (Å²) in [6.07, 6.45) is 1.31. The van der Waals surface area contributed by atoms with E-state index in [1.54, 1.807) is 12.1 Å². The number of benzene rings is 2. The Kier molecular flexibility index (Phi) is 4.68. The second kappa shape index (κ2) is 6.93. The predicted molar refractivity (Wildman–Crippen MR) is 97.5 cm³/mol. The number of amides is 1. The highest BCUT2D eigenvalue weighted by Crippen LogP contribution is 2.27. The normalized spacial score (nSPS) is 10.7. The number of carbonyl (C=O) groups is 1. The fourth-order valence-electron chi connectivity index (χ4n) is 2.54. The van der Waals surface area contributed by atoms with Gasteiger partial charge in [-0.25, -0.2) is 4.98 Å². The quantitative estimate of drug-likeness (QED) is 0.559. The van der Waals surface area contributed by atoms with E-state index in [0.717, 1.165) is 11.6 Å². The van der Waals surface area contributed by atoms with Gasteiger partial charge in [0.1, 0.15) is 11.6 Å². The molecule has 3 aromatic rings. The van der Waals surface area contributed by atoms with Crippen LogP contribution in [0.25, 0.3) is 10.9 Å². The van der Waals surface area contributed by atoms with E-state index in [9.17, 15) is 19.7 Å². The molecule has 3 rings (SSSR count). The molecule has 0 saturated heterocycles. The highest BCUT2D eigenvalue weighted by Gasteiger charge is 2.15. The van der Waals surface area contributed by atoms with Crippen molar-refractivity contribution in [1.82, 2.24) is 9.55 Å². The predicted octanol–water partition coefficient (Wildman–Crippen LogP) is 2.91. The summed E-state index contributed by atoms with van der Waals surface area (Å²) >= 11 is 5.74. The molecule has 2 aromatic carbocycles. The molecule has 0 aliphatic rings. The molecule has 0 atom stereocenters. The summed E-state index contributed by atoms with van der Waals surface area (Å²) in [5, 5.41) is 13.8. The zero-order valence-electron chi connectivity index (χ0n) is 13.6. The number of nitro groups is 1. The van der Waals surface area contributed by atoms with Crippen molar-refractivity contribution in [1.29, 1.82) is 0 Å². The van der Waals surface area contributed by atoms with Gasteiger partial charge in [0.2, 0.25) is 5.91 Å². The van der Waals surface area contributed by atoms with Crippen LogP contribution in [0, 0.1) is 17.0 Å². The molecule has 0 unspecified atom stereocenters. The maximum absolute atomic E-state index is 12.5. The lowest BCUT2D eigenvalue weighted by molar-refractivity contribution is -0.384. The number of halogens is 1. The Labute approximate surface area is 152 Å². The SMILES string of the molecule is Cc1cccc2c(=O)n(CC(=O)Nc3ccc(Cl)c([N+](=O)[O-])c3)cnc12. The Morgan fingerprint density at radius 2 is 2.12 bits per heavy atom. The molecule has 0 aliphatic carbocycles. The van der Waals surface area contributed by atoms with Crippen LogP contribution in [0.4, 0.5) is 11.4 Å². The lowest BCUT2D eigenvalue weighted by Crippen LogP contribution is -2.28. The molecule has 1 aromatic heterocycles. The largest absolute Gasteiger partial charge is 0.324 e. The Balaban J connectivity index is 1.84. The van der Waals surface area contributed by atoms with Crippen molar-refractivity contribution in [2.45, 2.75) is 13.5 Å². The van der Waals surface area contributed by atoms with Gasteiger partial charge < -0.3 is 5.32 Å². The van der Waals surface area contributed by atoms with E-state index >= 15 is 0 Å². The van der Waals surface area contributed by atoms with Crippen molar-refractivity contribution < 1.29 is 9.72 Å². The van der Waals surface area contributed by atoms with Crippen LogP contribution >= 0.6 is 11.6 Å². The molecule has 0 bridgehead atoms. The monoisotopic (exact) mass is 372 g/mol. The van der Waals surface area contributed by atoms with E-state index in [1.807, 2.05) is 13.0 Å². The highest BCUT2D eigenvalue weighted by molar-refractivity contribution is 6.32. The second-order valence-electron chi connectivity index (χ2n) is 5.62. The summed E-state index contributed by atoms with van der Waals surface area (Å²) in [5.41, 5.74) is 1.01. The number of nitro benzene ring substituents is 1. The van der Waals surface area contributed by atoms with E-state index in [0.29, 0.717) is 10.9 Å². The fraction of sp³-hybridized carbons (Fsp3) is 0.118. The first-order valence-electron chi connectivity index (χ1n) is 7.55. The van der Waals surface area contributed by atoms with Crippen LogP contribution in [-0.4, -0.2) is 20.4 Å².